The number of aliphatic carboxylic acids is 1. The number of carbonyl (C=O) groups is 2. The summed E-state index contributed by atoms with van der Waals surface area (Å²) in [6, 6.07) is -1.15. The van der Waals surface area contributed by atoms with Gasteiger partial charge in [-0.1, -0.05) is 26.7 Å². The molecule has 3 N–H and O–H groups in total. The lowest BCUT2D eigenvalue weighted by molar-refractivity contribution is -0.150. The van der Waals surface area contributed by atoms with Crippen molar-refractivity contribution >= 4 is 11.9 Å². The molecule has 20 heavy (non-hydrogen) atoms. The van der Waals surface area contributed by atoms with Crippen LogP contribution in [-0.4, -0.2) is 40.0 Å². The normalized spacial score (nSPS) is 31.2. The van der Waals surface area contributed by atoms with E-state index in [0.29, 0.717) is 24.7 Å². The molecule has 1 heterocycles. The Morgan fingerprint density at radius 2 is 1.95 bits per heavy atom. The first-order valence-corrected chi connectivity index (χ1v) is 7.72. The molecule has 5 nitrogen and oxygen atoms in total. The van der Waals surface area contributed by atoms with Crippen LogP contribution >= 0.6 is 0 Å². The van der Waals surface area contributed by atoms with Gasteiger partial charge in [0.25, 0.3) is 0 Å². The van der Waals surface area contributed by atoms with Crippen LogP contribution in [0.5, 0.6) is 0 Å². The summed E-state index contributed by atoms with van der Waals surface area (Å²) in [5.41, 5.74) is 6.00. The number of nitrogens with zero attached hydrogens (tertiary/aromatic N) is 1. The summed E-state index contributed by atoms with van der Waals surface area (Å²) < 4.78 is 0. The maximum Gasteiger partial charge on any atom is 0.326 e. The van der Waals surface area contributed by atoms with E-state index in [-0.39, 0.29) is 11.9 Å². The third-order valence-electron chi connectivity index (χ3n) is 4.67. The summed E-state index contributed by atoms with van der Waals surface area (Å²) in [4.78, 5) is 25.7. The topological polar surface area (TPSA) is 83.6 Å². The summed E-state index contributed by atoms with van der Waals surface area (Å²) in [6.45, 7) is 4.05. The highest BCUT2D eigenvalue weighted by molar-refractivity contribution is 5.88. The molecule has 2 fully saturated rings. The maximum absolute atomic E-state index is 12.6. The highest BCUT2D eigenvalue weighted by Crippen LogP contribution is 2.40. The fourth-order valence-corrected chi connectivity index (χ4v) is 3.80. The minimum atomic E-state index is -0.885. The molecule has 0 radical (unpaired) electrons. The molecule has 2 aliphatic rings. The third-order valence-corrected chi connectivity index (χ3v) is 4.67. The summed E-state index contributed by atoms with van der Waals surface area (Å²) >= 11 is 0. The van der Waals surface area contributed by atoms with Crippen molar-refractivity contribution in [1.82, 2.24) is 4.90 Å². The second kappa shape index (κ2) is 6.12. The highest BCUT2D eigenvalue weighted by atomic mass is 16.4. The van der Waals surface area contributed by atoms with Crippen molar-refractivity contribution in [2.45, 2.75) is 70.5 Å². The van der Waals surface area contributed by atoms with Crippen LogP contribution in [-0.2, 0) is 9.59 Å². The van der Waals surface area contributed by atoms with Crippen molar-refractivity contribution in [2.24, 2.45) is 17.6 Å². The molecular formula is C15H26N2O3. The molecule has 0 aromatic carbocycles. The van der Waals surface area contributed by atoms with Gasteiger partial charge in [0.2, 0.25) is 5.91 Å². The van der Waals surface area contributed by atoms with Crippen LogP contribution in [0.25, 0.3) is 0 Å². The van der Waals surface area contributed by atoms with Gasteiger partial charge in [0.15, 0.2) is 0 Å². The second-order valence-electron chi connectivity index (χ2n) is 6.68. The predicted octanol–water partition coefficient (Wildman–Crippen LogP) is 1.60. The van der Waals surface area contributed by atoms with Crippen molar-refractivity contribution in [3.8, 4) is 0 Å². The number of likely N-dealkylation sites (tertiary alicyclic amines) is 1. The van der Waals surface area contributed by atoms with E-state index in [9.17, 15) is 14.7 Å². The van der Waals surface area contributed by atoms with Crippen LogP contribution in [0.2, 0.25) is 0 Å². The number of nitrogens with two attached hydrogens (primary N) is 1. The number of fused-ring (bicyclic) bond motifs is 1. The SMILES string of the molecule is CC(C)C[C@H](N)C(=O)N1C(C(=O)O)CC2CCCCC21. The molecule has 0 aromatic heterocycles. The molecule has 0 bridgehead atoms. The van der Waals surface area contributed by atoms with Gasteiger partial charge in [-0.2, -0.15) is 0 Å². The van der Waals surface area contributed by atoms with Gasteiger partial charge in [0, 0.05) is 6.04 Å². The Labute approximate surface area is 120 Å². The largest absolute Gasteiger partial charge is 0.480 e. The Hall–Kier alpha value is -1.10. The molecule has 5 heteroatoms. The average molecular weight is 282 g/mol. The minimum absolute atomic E-state index is 0.0931. The van der Waals surface area contributed by atoms with E-state index >= 15 is 0 Å². The van der Waals surface area contributed by atoms with E-state index in [1.54, 1.807) is 4.90 Å². The highest BCUT2D eigenvalue weighted by Gasteiger charge is 2.48. The van der Waals surface area contributed by atoms with E-state index in [4.69, 9.17) is 5.73 Å². The lowest BCUT2D eigenvalue weighted by Gasteiger charge is -2.34. The Bertz CT molecular complexity index is 383. The van der Waals surface area contributed by atoms with Crippen LogP contribution in [0.3, 0.4) is 0 Å². The zero-order valence-corrected chi connectivity index (χ0v) is 12.4. The summed E-state index contributed by atoms with van der Waals surface area (Å²) in [7, 11) is 0. The molecule has 1 amide bonds. The van der Waals surface area contributed by atoms with Crippen LogP contribution in [0.15, 0.2) is 0 Å². The maximum atomic E-state index is 12.6. The molecule has 1 aliphatic heterocycles. The number of rotatable bonds is 4. The summed E-state index contributed by atoms with van der Waals surface area (Å²) in [5, 5.41) is 9.41. The van der Waals surface area contributed by atoms with Crippen LogP contribution in [0.1, 0.15) is 52.4 Å². The zero-order valence-electron chi connectivity index (χ0n) is 12.4. The van der Waals surface area contributed by atoms with Gasteiger partial charge in [0.05, 0.1) is 6.04 Å². The van der Waals surface area contributed by atoms with Gasteiger partial charge in [0.1, 0.15) is 6.04 Å². The number of carboxylic acids is 1. The molecule has 0 spiro atoms. The summed E-state index contributed by atoms with van der Waals surface area (Å²) in [6.07, 6.45) is 5.40. The molecule has 0 aromatic rings. The molecule has 3 unspecified atom stereocenters. The first-order valence-electron chi connectivity index (χ1n) is 7.72. The van der Waals surface area contributed by atoms with Gasteiger partial charge in [-0.25, -0.2) is 4.79 Å². The quantitative estimate of drug-likeness (QED) is 0.820. The van der Waals surface area contributed by atoms with Gasteiger partial charge in [-0.3, -0.25) is 4.79 Å². The van der Waals surface area contributed by atoms with Crippen molar-refractivity contribution in [2.75, 3.05) is 0 Å². The molecule has 114 valence electrons. The molecule has 1 aliphatic carbocycles. The molecular weight excluding hydrogens is 256 g/mol. The standard InChI is InChI=1S/C15H26N2O3/c1-9(2)7-11(16)14(18)17-12-6-4-3-5-10(12)8-13(17)15(19)20/h9-13H,3-8,16H2,1-2H3,(H,19,20)/t10?,11-,12?,13?/m0/s1. The smallest absolute Gasteiger partial charge is 0.326 e. The Kier molecular flexibility index (Phi) is 4.68. The monoisotopic (exact) mass is 282 g/mol. The van der Waals surface area contributed by atoms with Crippen LogP contribution in [0.4, 0.5) is 0 Å². The Balaban J connectivity index is 2.16. The second-order valence-corrected chi connectivity index (χ2v) is 6.68. The number of carbonyl (C=O) groups excluding carboxylic acids is 1. The predicted molar refractivity (Wildman–Crippen MR) is 76.1 cm³/mol. The fourth-order valence-electron chi connectivity index (χ4n) is 3.80. The van der Waals surface area contributed by atoms with E-state index in [0.717, 1.165) is 25.7 Å². The first-order chi connectivity index (χ1) is 9.41. The molecule has 2 rings (SSSR count). The van der Waals surface area contributed by atoms with E-state index in [1.165, 1.54) is 0 Å². The Morgan fingerprint density at radius 3 is 2.55 bits per heavy atom. The number of hydrogen-bond donors (Lipinski definition) is 2. The third kappa shape index (κ3) is 2.97. The number of amides is 1. The van der Waals surface area contributed by atoms with Gasteiger partial charge >= 0.3 is 5.97 Å². The average Bonchev–Trinajstić information content (AvgIpc) is 2.76. The molecule has 1 saturated heterocycles. The van der Waals surface area contributed by atoms with Gasteiger partial charge < -0.3 is 15.7 Å². The fraction of sp³-hybridized carbons (Fsp3) is 0.867. The summed E-state index contributed by atoms with van der Waals surface area (Å²) in [5.74, 6) is -0.368. The Morgan fingerprint density at radius 1 is 1.30 bits per heavy atom. The zero-order chi connectivity index (χ0) is 14.9. The van der Waals surface area contributed by atoms with E-state index in [2.05, 4.69) is 0 Å². The van der Waals surface area contributed by atoms with Crippen LogP contribution in [0, 0.1) is 11.8 Å². The van der Waals surface area contributed by atoms with Crippen LogP contribution < -0.4 is 5.73 Å². The molecule has 4 atom stereocenters. The number of carboxylic acid groups (broad SMARTS) is 1. The first kappa shape index (κ1) is 15.3. The molecule has 1 saturated carbocycles. The lowest BCUT2D eigenvalue weighted by atomic mass is 9.84. The van der Waals surface area contributed by atoms with E-state index in [1.807, 2.05) is 13.8 Å². The van der Waals surface area contributed by atoms with E-state index < -0.39 is 18.1 Å². The van der Waals surface area contributed by atoms with Gasteiger partial charge in [-0.15, -0.1) is 0 Å². The lowest BCUT2D eigenvalue weighted by Crippen LogP contribution is -2.52. The minimum Gasteiger partial charge on any atom is -0.480 e. The van der Waals surface area contributed by atoms with Gasteiger partial charge in [-0.05, 0) is 37.5 Å². The van der Waals surface area contributed by atoms with Crippen molar-refractivity contribution in [1.29, 1.82) is 0 Å². The van der Waals surface area contributed by atoms with Crippen molar-refractivity contribution in [3.05, 3.63) is 0 Å². The number of hydrogen-bond acceptors (Lipinski definition) is 3. The van der Waals surface area contributed by atoms with Crippen molar-refractivity contribution in [3.63, 3.8) is 0 Å². The van der Waals surface area contributed by atoms with Crippen molar-refractivity contribution < 1.29 is 14.7 Å².